The van der Waals surface area contributed by atoms with E-state index in [1.807, 2.05) is 51.1 Å². The van der Waals surface area contributed by atoms with Gasteiger partial charge in [0.2, 0.25) is 0 Å². The van der Waals surface area contributed by atoms with Crippen LogP contribution >= 0.6 is 0 Å². The predicted octanol–water partition coefficient (Wildman–Crippen LogP) is 2.45. The zero-order chi connectivity index (χ0) is 14.8. The largest absolute Gasteiger partial charge is 0.459 e. The fourth-order valence-corrected chi connectivity index (χ4v) is 1.94. The first-order valence-electron chi connectivity index (χ1n) is 6.67. The lowest BCUT2D eigenvalue weighted by atomic mass is 10.1. The first-order valence-corrected chi connectivity index (χ1v) is 6.67. The van der Waals surface area contributed by atoms with Crippen molar-refractivity contribution in [2.24, 2.45) is 5.73 Å². The molecule has 2 N–H and O–H groups in total. The number of fused-ring (bicyclic) bond motifs is 1. The van der Waals surface area contributed by atoms with E-state index < -0.39 is 11.6 Å². The Hall–Kier alpha value is -1.94. The maximum atomic E-state index is 11.9. The molecule has 0 saturated carbocycles. The first-order chi connectivity index (χ1) is 9.35. The van der Waals surface area contributed by atoms with Gasteiger partial charge in [0.1, 0.15) is 11.6 Å². The van der Waals surface area contributed by atoms with Crippen LogP contribution in [0, 0.1) is 0 Å². The Labute approximate surface area is 119 Å². The molecule has 1 aromatic heterocycles. The van der Waals surface area contributed by atoms with Crippen LogP contribution in [0.5, 0.6) is 0 Å². The van der Waals surface area contributed by atoms with Crippen LogP contribution in [0.2, 0.25) is 0 Å². The van der Waals surface area contributed by atoms with E-state index in [1.54, 1.807) is 6.20 Å². The number of ether oxygens (including phenoxy) is 1. The molecule has 1 aromatic carbocycles. The average Bonchev–Trinajstić information content (AvgIpc) is 2.36. The van der Waals surface area contributed by atoms with Crippen molar-refractivity contribution in [2.45, 2.75) is 38.8 Å². The topological polar surface area (TPSA) is 65.2 Å². The number of hydrogen-bond acceptors (Lipinski definition) is 4. The molecule has 0 aliphatic carbocycles. The highest BCUT2D eigenvalue weighted by atomic mass is 16.6. The van der Waals surface area contributed by atoms with E-state index in [-0.39, 0.29) is 5.97 Å². The maximum Gasteiger partial charge on any atom is 0.323 e. The zero-order valence-electron chi connectivity index (χ0n) is 12.1. The molecule has 4 heteroatoms. The minimum absolute atomic E-state index is 0.384. The van der Waals surface area contributed by atoms with Gasteiger partial charge in [-0.1, -0.05) is 18.2 Å². The van der Waals surface area contributed by atoms with Gasteiger partial charge in [-0.05, 0) is 44.9 Å². The maximum absolute atomic E-state index is 11.9. The number of aromatic nitrogens is 1. The number of esters is 1. The Balaban J connectivity index is 2.09. The van der Waals surface area contributed by atoms with E-state index in [0.717, 1.165) is 16.5 Å². The second-order valence-electron chi connectivity index (χ2n) is 5.88. The minimum atomic E-state index is -0.669. The fourth-order valence-electron chi connectivity index (χ4n) is 1.94. The molecule has 0 aliphatic heterocycles. The smallest absolute Gasteiger partial charge is 0.323 e. The van der Waals surface area contributed by atoms with Crippen molar-refractivity contribution in [2.75, 3.05) is 0 Å². The quantitative estimate of drug-likeness (QED) is 0.872. The Bertz CT molecular complexity index is 617. The van der Waals surface area contributed by atoms with Crippen molar-refractivity contribution >= 4 is 16.9 Å². The van der Waals surface area contributed by atoms with Gasteiger partial charge >= 0.3 is 5.97 Å². The average molecular weight is 272 g/mol. The van der Waals surface area contributed by atoms with Crippen molar-refractivity contribution < 1.29 is 9.53 Å². The highest BCUT2D eigenvalue weighted by molar-refractivity contribution is 5.79. The molecule has 0 unspecified atom stereocenters. The lowest BCUT2D eigenvalue weighted by Crippen LogP contribution is -2.38. The summed E-state index contributed by atoms with van der Waals surface area (Å²) < 4.78 is 5.27. The van der Waals surface area contributed by atoms with Crippen molar-refractivity contribution in [1.29, 1.82) is 0 Å². The molecule has 0 bridgehead atoms. The van der Waals surface area contributed by atoms with E-state index in [0.29, 0.717) is 6.42 Å². The van der Waals surface area contributed by atoms with Crippen molar-refractivity contribution in [1.82, 2.24) is 4.98 Å². The van der Waals surface area contributed by atoms with Crippen LogP contribution in [0.3, 0.4) is 0 Å². The lowest BCUT2D eigenvalue weighted by Gasteiger charge is -2.22. The molecule has 20 heavy (non-hydrogen) atoms. The van der Waals surface area contributed by atoms with Gasteiger partial charge < -0.3 is 10.5 Å². The third kappa shape index (κ3) is 3.78. The van der Waals surface area contributed by atoms with Crippen LogP contribution in [0.15, 0.2) is 36.5 Å². The van der Waals surface area contributed by atoms with Crippen molar-refractivity contribution in [3.63, 3.8) is 0 Å². The van der Waals surface area contributed by atoms with E-state index in [2.05, 4.69) is 4.98 Å². The molecule has 0 amide bonds. The summed E-state index contributed by atoms with van der Waals surface area (Å²) in [5, 5.41) is 1.04. The van der Waals surface area contributed by atoms with E-state index in [9.17, 15) is 4.79 Å². The molecule has 0 saturated heterocycles. The van der Waals surface area contributed by atoms with Gasteiger partial charge in [0, 0.05) is 11.6 Å². The second kappa shape index (κ2) is 5.59. The third-order valence-electron chi connectivity index (χ3n) is 2.81. The summed E-state index contributed by atoms with van der Waals surface area (Å²) in [6, 6.07) is 9.19. The summed E-state index contributed by atoms with van der Waals surface area (Å²) in [5.41, 5.74) is 7.25. The predicted molar refractivity (Wildman–Crippen MR) is 79.3 cm³/mol. The summed E-state index contributed by atoms with van der Waals surface area (Å²) in [6.45, 7) is 5.49. The Morgan fingerprint density at radius 1 is 1.35 bits per heavy atom. The van der Waals surface area contributed by atoms with E-state index >= 15 is 0 Å². The number of nitrogens with two attached hydrogens (primary N) is 1. The van der Waals surface area contributed by atoms with Crippen LogP contribution in [-0.4, -0.2) is 22.6 Å². The number of carbonyl (C=O) groups excluding carboxylic acids is 1. The molecule has 0 aliphatic rings. The zero-order valence-corrected chi connectivity index (χ0v) is 12.1. The van der Waals surface area contributed by atoms with Gasteiger partial charge in [-0.2, -0.15) is 0 Å². The highest BCUT2D eigenvalue weighted by Crippen LogP contribution is 2.15. The molecule has 0 spiro atoms. The molecule has 4 nitrogen and oxygen atoms in total. The summed E-state index contributed by atoms with van der Waals surface area (Å²) in [5.74, 6) is -0.384. The molecule has 0 fully saturated rings. The van der Waals surface area contributed by atoms with Crippen LogP contribution in [-0.2, 0) is 16.0 Å². The number of pyridine rings is 1. The van der Waals surface area contributed by atoms with Crippen LogP contribution in [0.1, 0.15) is 26.3 Å². The number of carbonyl (C=O) groups is 1. The number of benzene rings is 1. The Kier molecular flexibility index (Phi) is 4.04. The van der Waals surface area contributed by atoms with E-state index in [1.165, 1.54) is 0 Å². The number of rotatable bonds is 3. The van der Waals surface area contributed by atoms with Crippen molar-refractivity contribution in [3.05, 3.63) is 42.1 Å². The molecule has 2 rings (SSSR count). The van der Waals surface area contributed by atoms with Crippen LogP contribution in [0.25, 0.3) is 10.9 Å². The van der Waals surface area contributed by atoms with Gasteiger partial charge in [0.05, 0.1) is 5.52 Å². The number of para-hydroxylation sites is 1. The summed E-state index contributed by atoms with van der Waals surface area (Å²) in [4.78, 5) is 16.2. The molecule has 1 atom stereocenters. The molecular formula is C16H20N2O2. The van der Waals surface area contributed by atoms with Crippen LogP contribution < -0.4 is 5.73 Å². The molecule has 2 aromatic rings. The van der Waals surface area contributed by atoms with Gasteiger partial charge in [-0.25, -0.2) is 0 Å². The normalized spacial score (nSPS) is 13.2. The van der Waals surface area contributed by atoms with Crippen LogP contribution in [0.4, 0.5) is 0 Å². The Morgan fingerprint density at radius 3 is 2.75 bits per heavy atom. The van der Waals surface area contributed by atoms with Gasteiger partial charge in [0.25, 0.3) is 0 Å². The van der Waals surface area contributed by atoms with Gasteiger partial charge in [0.15, 0.2) is 0 Å². The number of nitrogens with zero attached hydrogens (tertiary/aromatic N) is 1. The van der Waals surface area contributed by atoms with E-state index in [4.69, 9.17) is 10.5 Å². The van der Waals surface area contributed by atoms with Gasteiger partial charge in [-0.3, -0.25) is 9.78 Å². The minimum Gasteiger partial charge on any atom is -0.459 e. The highest BCUT2D eigenvalue weighted by Gasteiger charge is 2.22. The monoisotopic (exact) mass is 272 g/mol. The van der Waals surface area contributed by atoms with Crippen molar-refractivity contribution in [3.8, 4) is 0 Å². The molecular weight excluding hydrogens is 252 g/mol. The third-order valence-corrected chi connectivity index (χ3v) is 2.81. The lowest BCUT2D eigenvalue weighted by molar-refractivity contribution is -0.156. The molecule has 106 valence electrons. The second-order valence-corrected chi connectivity index (χ2v) is 5.88. The summed E-state index contributed by atoms with van der Waals surface area (Å²) in [7, 11) is 0. The Morgan fingerprint density at radius 2 is 2.05 bits per heavy atom. The fraction of sp³-hybridized carbons (Fsp3) is 0.375. The molecule has 1 heterocycles. The number of hydrogen-bond donors (Lipinski definition) is 1. The summed E-state index contributed by atoms with van der Waals surface area (Å²) in [6.07, 6.45) is 2.18. The SMILES string of the molecule is CC(C)(C)OC(=O)[C@H](N)Cc1cnc2ccccc2c1. The standard InChI is InChI=1S/C16H20N2O2/c1-16(2,3)20-15(19)13(17)9-11-8-12-6-4-5-7-14(12)18-10-11/h4-8,10,13H,9,17H2,1-3H3/t13-/m1/s1. The first kappa shape index (κ1) is 14.5. The van der Waals surface area contributed by atoms with Gasteiger partial charge in [-0.15, -0.1) is 0 Å². The summed E-state index contributed by atoms with van der Waals surface area (Å²) >= 11 is 0. The molecule has 0 radical (unpaired) electrons.